The first-order valence-corrected chi connectivity index (χ1v) is 11.1. The highest BCUT2D eigenvalue weighted by atomic mass is 35.5. The van der Waals surface area contributed by atoms with E-state index in [-0.39, 0.29) is 11.8 Å². The van der Waals surface area contributed by atoms with Gasteiger partial charge in [-0.3, -0.25) is 9.36 Å². The number of benzene rings is 2. The first kappa shape index (κ1) is 21.3. The molecule has 1 fully saturated rings. The van der Waals surface area contributed by atoms with Crippen molar-refractivity contribution in [1.29, 1.82) is 0 Å². The van der Waals surface area contributed by atoms with Crippen LogP contribution >= 0.6 is 11.6 Å². The molecule has 33 heavy (non-hydrogen) atoms. The first-order valence-electron chi connectivity index (χ1n) is 10.7. The summed E-state index contributed by atoms with van der Waals surface area (Å²) in [4.78, 5) is 16.1. The predicted molar refractivity (Wildman–Crippen MR) is 120 cm³/mol. The average Bonchev–Trinajstić information content (AvgIpc) is 3.50. The lowest BCUT2D eigenvalue weighted by atomic mass is 9.95. The van der Waals surface area contributed by atoms with E-state index in [9.17, 15) is 9.18 Å². The van der Waals surface area contributed by atoms with Gasteiger partial charge >= 0.3 is 0 Å². The van der Waals surface area contributed by atoms with E-state index in [4.69, 9.17) is 11.6 Å². The van der Waals surface area contributed by atoms with E-state index < -0.39 is 5.82 Å². The zero-order valence-electron chi connectivity index (χ0n) is 17.7. The number of nitrogens with zero attached hydrogens (tertiary/aromatic N) is 7. The summed E-state index contributed by atoms with van der Waals surface area (Å²) in [6.07, 6.45) is 4.70. The Hall–Kier alpha value is -3.59. The minimum absolute atomic E-state index is 0.115. The molecule has 0 radical (unpaired) electrons. The third-order valence-electron chi connectivity index (χ3n) is 5.81. The van der Waals surface area contributed by atoms with Gasteiger partial charge in [0.05, 0.1) is 12.4 Å². The summed E-state index contributed by atoms with van der Waals surface area (Å²) in [5.74, 6) is 1.09. The first-order chi connectivity index (χ1) is 16.1. The van der Waals surface area contributed by atoms with E-state index in [1.807, 2.05) is 28.8 Å². The minimum atomic E-state index is -0.411. The van der Waals surface area contributed by atoms with Crippen LogP contribution in [0, 0.1) is 5.82 Å². The molecule has 0 saturated carbocycles. The molecule has 0 aliphatic carbocycles. The Kier molecular flexibility index (Phi) is 5.87. The van der Waals surface area contributed by atoms with Crippen LogP contribution in [-0.4, -0.2) is 53.7 Å². The van der Waals surface area contributed by atoms with Gasteiger partial charge in [0, 0.05) is 35.3 Å². The Morgan fingerprint density at radius 3 is 2.45 bits per heavy atom. The Bertz CT molecular complexity index is 1250. The molecule has 1 aliphatic rings. The molecule has 0 N–H and O–H groups in total. The Morgan fingerprint density at radius 1 is 1.03 bits per heavy atom. The highest BCUT2D eigenvalue weighted by Gasteiger charge is 2.29. The predicted octanol–water partition coefficient (Wildman–Crippen LogP) is 3.72. The number of halogens is 2. The molecular weight excluding hydrogens is 445 g/mol. The van der Waals surface area contributed by atoms with Crippen molar-refractivity contribution < 1.29 is 9.18 Å². The van der Waals surface area contributed by atoms with Crippen LogP contribution < -0.4 is 0 Å². The number of carbonyl (C=O) groups is 1. The summed E-state index contributed by atoms with van der Waals surface area (Å²) >= 11 is 6.10. The van der Waals surface area contributed by atoms with Gasteiger partial charge in [0.25, 0.3) is 5.91 Å². The van der Waals surface area contributed by atoms with Crippen molar-refractivity contribution >= 4 is 17.5 Å². The maximum Gasteiger partial charge on any atom is 0.253 e. The number of hydrogen-bond donors (Lipinski definition) is 0. The minimum Gasteiger partial charge on any atom is -0.339 e. The van der Waals surface area contributed by atoms with E-state index in [2.05, 4.69) is 20.4 Å². The van der Waals surface area contributed by atoms with Gasteiger partial charge in [0.15, 0.2) is 5.82 Å². The van der Waals surface area contributed by atoms with E-state index in [1.54, 1.807) is 34.2 Å². The Labute approximate surface area is 194 Å². The van der Waals surface area contributed by atoms with Crippen molar-refractivity contribution in [2.45, 2.75) is 25.3 Å². The summed E-state index contributed by atoms with van der Waals surface area (Å²) in [6, 6.07) is 13.3. The molecule has 2 aromatic heterocycles. The van der Waals surface area contributed by atoms with Crippen LogP contribution in [0.4, 0.5) is 4.39 Å². The lowest BCUT2D eigenvalue weighted by Gasteiger charge is -2.32. The van der Waals surface area contributed by atoms with E-state index in [0.717, 1.165) is 24.4 Å². The fraction of sp³-hybridized carbons (Fsp3) is 0.261. The fourth-order valence-corrected chi connectivity index (χ4v) is 4.29. The molecule has 10 heteroatoms. The van der Waals surface area contributed by atoms with Crippen LogP contribution in [-0.2, 0) is 6.54 Å². The fourth-order valence-electron chi connectivity index (χ4n) is 4.16. The number of rotatable bonds is 5. The van der Waals surface area contributed by atoms with E-state index in [0.29, 0.717) is 36.0 Å². The summed E-state index contributed by atoms with van der Waals surface area (Å²) in [6.45, 7) is 1.49. The molecule has 1 saturated heterocycles. The second kappa shape index (κ2) is 9.11. The normalized spacial score (nSPS) is 14.5. The van der Waals surface area contributed by atoms with Gasteiger partial charge in [0.1, 0.15) is 18.2 Å². The molecular formula is C23H21ClFN7O. The average molecular weight is 466 g/mol. The van der Waals surface area contributed by atoms with E-state index in [1.165, 1.54) is 12.1 Å². The van der Waals surface area contributed by atoms with Crippen molar-refractivity contribution in [2.75, 3.05) is 13.1 Å². The Balaban J connectivity index is 1.38. The van der Waals surface area contributed by atoms with Crippen LogP contribution in [0.25, 0.3) is 5.69 Å². The summed E-state index contributed by atoms with van der Waals surface area (Å²) in [5, 5.41) is 18.0. The standard InChI is InChI=1S/C23H21ClFN7O/c24-18-4-6-20(7-5-18)32-21(15-31-26-10-11-27-31)28-29-22(32)16-8-12-30(13-9-16)23(33)17-2-1-3-19(25)14-17/h1-7,10-11,14,16H,8-9,12-13,15H2. The number of carbonyl (C=O) groups excluding carboxylic acids is 1. The van der Waals surface area contributed by atoms with Gasteiger partial charge < -0.3 is 4.90 Å². The highest BCUT2D eigenvalue weighted by molar-refractivity contribution is 6.30. The van der Waals surface area contributed by atoms with Crippen molar-refractivity contribution in [3.63, 3.8) is 0 Å². The lowest BCUT2D eigenvalue weighted by Crippen LogP contribution is -2.38. The highest BCUT2D eigenvalue weighted by Crippen LogP contribution is 2.30. The molecule has 2 aromatic carbocycles. The molecule has 3 heterocycles. The molecule has 4 aromatic rings. The quantitative estimate of drug-likeness (QED) is 0.448. The largest absolute Gasteiger partial charge is 0.339 e. The molecule has 1 amide bonds. The zero-order valence-corrected chi connectivity index (χ0v) is 18.4. The van der Waals surface area contributed by atoms with Crippen LogP contribution in [0.2, 0.25) is 5.02 Å². The van der Waals surface area contributed by atoms with Gasteiger partial charge in [-0.25, -0.2) is 4.39 Å². The molecule has 0 atom stereocenters. The van der Waals surface area contributed by atoms with Gasteiger partial charge in [0.2, 0.25) is 0 Å². The van der Waals surface area contributed by atoms with Crippen LogP contribution in [0.5, 0.6) is 0 Å². The molecule has 5 rings (SSSR count). The SMILES string of the molecule is O=C(c1cccc(F)c1)N1CCC(c2nnc(Cn3nccn3)n2-c2ccc(Cl)cc2)CC1. The van der Waals surface area contributed by atoms with Gasteiger partial charge in [-0.1, -0.05) is 17.7 Å². The third kappa shape index (κ3) is 4.49. The number of piperidine rings is 1. The van der Waals surface area contributed by atoms with Crippen molar-refractivity contribution in [3.8, 4) is 5.69 Å². The lowest BCUT2D eigenvalue weighted by molar-refractivity contribution is 0.0710. The van der Waals surface area contributed by atoms with Crippen LogP contribution in [0.1, 0.15) is 40.8 Å². The molecule has 0 unspecified atom stereocenters. The summed E-state index contributed by atoms with van der Waals surface area (Å²) < 4.78 is 15.6. The van der Waals surface area contributed by atoms with E-state index >= 15 is 0 Å². The molecule has 1 aliphatic heterocycles. The second-order valence-electron chi connectivity index (χ2n) is 7.92. The number of hydrogen-bond acceptors (Lipinski definition) is 5. The van der Waals surface area contributed by atoms with Gasteiger partial charge in [-0.2, -0.15) is 15.0 Å². The summed E-state index contributed by atoms with van der Waals surface area (Å²) in [5.41, 5.74) is 1.27. The molecule has 0 bridgehead atoms. The van der Waals surface area contributed by atoms with Crippen LogP contribution in [0.15, 0.2) is 60.9 Å². The molecule has 168 valence electrons. The monoisotopic (exact) mass is 465 g/mol. The Morgan fingerprint density at radius 2 is 1.76 bits per heavy atom. The van der Waals surface area contributed by atoms with Crippen molar-refractivity contribution in [1.82, 2.24) is 34.7 Å². The third-order valence-corrected chi connectivity index (χ3v) is 6.06. The number of amides is 1. The van der Waals surface area contributed by atoms with Crippen LogP contribution in [0.3, 0.4) is 0 Å². The smallest absolute Gasteiger partial charge is 0.253 e. The molecule has 8 nitrogen and oxygen atoms in total. The van der Waals surface area contributed by atoms with Gasteiger partial charge in [-0.05, 0) is 55.3 Å². The maximum absolute atomic E-state index is 13.5. The van der Waals surface area contributed by atoms with Crippen molar-refractivity contribution in [3.05, 3.63) is 89.0 Å². The van der Waals surface area contributed by atoms with Gasteiger partial charge in [-0.15, -0.1) is 10.2 Å². The zero-order chi connectivity index (χ0) is 22.8. The number of likely N-dealkylation sites (tertiary alicyclic amines) is 1. The molecule has 0 spiro atoms. The van der Waals surface area contributed by atoms with Crippen molar-refractivity contribution in [2.24, 2.45) is 0 Å². The number of aromatic nitrogens is 6. The topological polar surface area (TPSA) is 81.7 Å². The maximum atomic E-state index is 13.5. The second-order valence-corrected chi connectivity index (χ2v) is 8.36. The summed E-state index contributed by atoms with van der Waals surface area (Å²) in [7, 11) is 0.